The molecule has 0 saturated heterocycles. The third-order valence-electron chi connectivity index (χ3n) is 6.62. The van der Waals surface area contributed by atoms with Crippen LogP contribution in [0.1, 0.15) is 38.3 Å². The van der Waals surface area contributed by atoms with Gasteiger partial charge in [0.1, 0.15) is 17.8 Å². The van der Waals surface area contributed by atoms with Crippen LogP contribution in [0.25, 0.3) is 5.65 Å². The van der Waals surface area contributed by atoms with Gasteiger partial charge in [-0.05, 0) is 78.9 Å². The molecule has 0 aliphatic rings. The topological polar surface area (TPSA) is 132 Å². The summed E-state index contributed by atoms with van der Waals surface area (Å²) in [6.07, 6.45) is 8.09. The molecule has 0 aliphatic heterocycles. The van der Waals surface area contributed by atoms with Crippen LogP contribution < -0.4 is 26.4 Å². The second-order valence-electron chi connectivity index (χ2n) is 9.73. The van der Waals surface area contributed by atoms with E-state index in [9.17, 15) is 13.7 Å². The number of carbonyl (C=O) groups is 1. The maximum absolute atomic E-state index is 14.9. The van der Waals surface area contributed by atoms with E-state index in [0.29, 0.717) is 53.5 Å². The molecule has 4 aromatic rings. The third-order valence-corrected chi connectivity index (χ3v) is 7.23. The maximum atomic E-state index is 14.9. The molecule has 0 aliphatic carbocycles. The minimum atomic E-state index is -1.04. The first-order chi connectivity index (χ1) is 20.7. The van der Waals surface area contributed by atoms with E-state index < -0.39 is 23.1 Å². The molecule has 9 nitrogen and oxygen atoms in total. The Labute approximate surface area is 253 Å². The summed E-state index contributed by atoms with van der Waals surface area (Å²) >= 11 is -1.04. The van der Waals surface area contributed by atoms with E-state index in [-0.39, 0.29) is 5.56 Å². The number of pyridine rings is 1. The highest BCUT2D eigenvalue weighted by atomic mass is 32.2. The summed E-state index contributed by atoms with van der Waals surface area (Å²) in [4.78, 5) is 17.6. The molecule has 2 heterocycles. The van der Waals surface area contributed by atoms with Crippen molar-refractivity contribution in [2.24, 2.45) is 5.73 Å². The summed E-state index contributed by atoms with van der Waals surface area (Å²) in [5, 5.41) is 9.25. The number of halogens is 1. The van der Waals surface area contributed by atoms with Crippen molar-refractivity contribution in [1.82, 2.24) is 19.4 Å². The Balaban J connectivity index is 1.50. The van der Waals surface area contributed by atoms with Gasteiger partial charge < -0.3 is 26.2 Å². The van der Waals surface area contributed by atoms with Crippen LogP contribution >= 0.6 is 0 Å². The molecule has 11 heteroatoms. The Morgan fingerprint density at radius 2 is 1.98 bits per heavy atom. The molecule has 1 unspecified atom stereocenters. The fourth-order valence-corrected chi connectivity index (χ4v) is 4.70. The summed E-state index contributed by atoms with van der Waals surface area (Å²) < 4.78 is 30.7. The largest absolute Gasteiger partial charge is 0.598 e. The van der Waals surface area contributed by atoms with Crippen molar-refractivity contribution in [3.8, 4) is 11.8 Å². The zero-order chi connectivity index (χ0) is 30.9. The number of nitrogens with zero attached hydrogens (tertiary/aromatic N) is 2. The summed E-state index contributed by atoms with van der Waals surface area (Å²) in [5.41, 5.74) is 11.9. The first-order valence-electron chi connectivity index (χ1n) is 13.5. The van der Waals surface area contributed by atoms with E-state index in [1.165, 1.54) is 18.3 Å². The summed E-state index contributed by atoms with van der Waals surface area (Å²) in [6, 6.07) is 12.0. The standard InChI is InChI=1S/C32H34FN7O2S/c1-5-25(18-34)38-30-7-6-14-40-27(20-36-31(30)40)11-9-23-17-28(29(33)16-22(23)3)32(41)39-26-10-8-24(21(2)15-26)19-35-12-13-37-43(4)42/h5-8,10,14-18,20,35,37-38H,1,12-13,19,34H2,2-4H3,(H,39,41)/b25-18+. The number of nitrogens with one attached hydrogen (secondary N) is 4. The van der Waals surface area contributed by atoms with Crippen molar-refractivity contribution in [2.45, 2.75) is 20.4 Å². The summed E-state index contributed by atoms with van der Waals surface area (Å²) in [5.74, 6) is 4.97. The molecular formula is C32H34FN7O2S. The van der Waals surface area contributed by atoms with E-state index in [0.717, 1.165) is 16.8 Å². The first-order valence-corrected chi connectivity index (χ1v) is 15.0. The predicted molar refractivity (Wildman–Crippen MR) is 171 cm³/mol. The van der Waals surface area contributed by atoms with Crippen LogP contribution in [0.2, 0.25) is 0 Å². The lowest BCUT2D eigenvalue weighted by molar-refractivity contribution is 0.102. The van der Waals surface area contributed by atoms with E-state index >= 15 is 0 Å². The molecule has 0 radical (unpaired) electrons. The lowest BCUT2D eigenvalue weighted by atomic mass is 10.0. The van der Waals surface area contributed by atoms with Crippen LogP contribution in [0, 0.1) is 31.5 Å². The van der Waals surface area contributed by atoms with Gasteiger partial charge in [-0.1, -0.05) is 18.6 Å². The van der Waals surface area contributed by atoms with Gasteiger partial charge in [-0.2, -0.15) is 0 Å². The minimum absolute atomic E-state index is 0.103. The average Bonchev–Trinajstić information content (AvgIpc) is 3.40. The number of benzene rings is 2. The molecule has 222 valence electrons. The van der Waals surface area contributed by atoms with Gasteiger partial charge in [-0.3, -0.25) is 9.20 Å². The van der Waals surface area contributed by atoms with Crippen LogP contribution in [-0.2, 0) is 17.9 Å². The zero-order valence-corrected chi connectivity index (χ0v) is 25.1. The van der Waals surface area contributed by atoms with Crippen molar-refractivity contribution in [3.05, 3.63) is 119 Å². The number of nitrogens with two attached hydrogens (primary N) is 1. The van der Waals surface area contributed by atoms with Gasteiger partial charge in [0.15, 0.2) is 5.65 Å². The number of rotatable bonds is 11. The van der Waals surface area contributed by atoms with Crippen molar-refractivity contribution in [3.63, 3.8) is 0 Å². The molecule has 1 atom stereocenters. The van der Waals surface area contributed by atoms with Crippen molar-refractivity contribution in [2.75, 3.05) is 30.0 Å². The number of hydrogen-bond acceptors (Lipinski definition) is 7. The quantitative estimate of drug-likeness (QED) is 0.0759. The SMILES string of the molecule is C=C/C(=C\N)Nc1cccn2c(C#Cc3cc(C(=O)Nc4ccc(CNCCN[S+](C)[O-])c(C)c4)c(F)cc3C)cnc12. The molecule has 6 N–H and O–H groups in total. The number of carbonyl (C=O) groups excluding carboxylic acids is 1. The third kappa shape index (κ3) is 8.03. The molecule has 0 bridgehead atoms. The van der Waals surface area contributed by atoms with Gasteiger partial charge in [0.05, 0.1) is 29.7 Å². The Bertz CT molecular complexity index is 1740. The fourth-order valence-electron chi connectivity index (χ4n) is 4.31. The Hall–Kier alpha value is -4.60. The second kappa shape index (κ2) is 14.5. The normalized spacial score (nSPS) is 12.0. The lowest BCUT2D eigenvalue weighted by Gasteiger charge is -2.12. The molecular weight excluding hydrogens is 565 g/mol. The van der Waals surface area contributed by atoms with Crippen LogP contribution in [0.5, 0.6) is 0 Å². The zero-order valence-electron chi connectivity index (χ0n) is 24.3. The second-order valence-corrected chi connectivity index (χ2v) is 10.9. The van der Waals surface area contributed by atoms with Gasteiger partial charge in [0.2, 0.25) is 0 Å². The molecule has 4 rings (SSSR count). The lowest BCUT2D eigenvalue weighted by Crippen LogP contribution is -2.30. The number of hydrogen-bond donors (Lipinski definition) is 5. The molecule has 2 aromatic heterocycles. The molecule has 0 fully saturated rings. The van der Waals surface area contributed by atoms with Crippen LogP contribution in [-0.4, -0.2) is 39.2 Å². The first kappa shape index (κ1) is 31.3. The maximum Gasteiger partial charge on any atom is 0.258 e. The van der Waals surface area contributed by atoms with Gasteiger partial charge in [-0.15, -0.1) is 4.72 Å². The number of amides is 1. The highest BCUT2D eigenvalue weighted by Crippen LogP contribution is 2.21. The Morgan fingerprint density at radius 3 is 2.70 bits per heavy atom. The Morgan fingerprint density at radius 1 is 1.16 bits per heavy atom. The van der Waals surface area contributed by atoms with Gasteiger partial charge in [0.25, 0.3) is 5.91 Å². The number of aromatic nitrogens is 2. The van der Waals surface area contributed by atoms with E-state index in [2.05, 4.69) is 44.1 Å². The molecule has 1 amide bonds. The number of allylic oxidation sites excluding steroid dienone is 1. The molecule has 43 heavy (non-hydrogen) atoms. The van der Waals surface area contributed by atoms with Crippen molar-refractivity contribution in [1.29, 1.82) is 0 Å². The van der Waals surface area contributed by atoms with Crippen LogP contribution in [0.15, 0.2) is 79.4 Å². The van der Waals surface area contributed by atoms with Gasteiger partial charge >= 0.3 is 0 Å². The van der Waals surface area contributed by atoms with Gasteiger partial charge in [-0.25, -0.2) is 9.37 Å². The summed E-state index contributed by atoms with van der Waals surface area (Å²) in [6.45, 7) is 9.29. The smallest absolute Gasteiger partial charge is 0.258 e. The van der Waals surface area contributed by atoms with Gasteiger partial charge in [0, 0.05) is 48.1 Å². The summed E-state index contributed by atoms with van der Waals surface area (Å²) in [7, 11) is 0. The molecule has 2 aromatic carbocycles. The fraction of sp³-hybridized carbons (Fsp3) is 0.188. The highest BCUT2D eigenvalue weighted by Gasteiger charge is 2.15. The number of aryl methyl sites for hydroxylation is 2. The monoisotopic (exact) mass is 599 g/mol. The molecule has 0 spiro atoms. The Kier molecular flexibility index (Phi) is 10.6. The van der Waals surface area contributed by atoms with E-state index in [1.54, 1.807) is 31.5 Å². The van der Waals surface area contributed by atoms with Crippen LogP contribution in [0.4, 0.5) is 15.8 Å². The molecule has 0 saturated carbocycles. The number of imidazole rings is 1. The van der Waals surface area contributed by atoms with E-state index in [4.69, 9.17) is 5.73 Å². The number of anilines is 2. The van der Waals surface area contributed by atoms with E-state index in [1.807, 2.05) is 41.8 Å². The van der Waals surface area contributed by atoms with Crippen molar-refractivity contribution >= 4 is 34.3 Å². The highest BCUT2D eigenvalue weighted by molar-refractivity contribution is 7.88. The minimum Gasteiger partial charge on any atom is -0.598 e. The van der Waals surface area contributed by atoms with Crippen LogP contribution in [0.3, 0.4) is 0 Å². The van der Waals surface area contributed by atoms with Crippen molar-refractivity contribution < 1.29 is 13.7 Å². The predicted octanol–water partition coefficient (Wildman–Crippen LogP) is 4.11. The average molecular weight is 600 g/mol. The number of fused-ring (bicyclic) bond motifs is 1.